The molecule has 6 rings (SSSR count). The predicted molar refractivity (Wildman–Crippen MR) is 142 cm³/mol. The summed E-state index contributed by atoms with van der Waals surface area (Å²) >= 11 is 0. The molecule has 1 aliphatic heterocycles. The lowest BCUT2D eigenvalue weighted by molar-refractivity contribution is 0.252. The summed E-state index contributed by atoms with van der Waals surface area (Å²) in [5.74, 6) is 1.18. The molecule has 10 nitrogen and oxygen atoms in total. The molecule has 1 N–H and O–H groups in total. The summed E-state index contributed by atoms with van der Waals surface area (Å²) in [5, 5.41) is 18.9. The van der Waals surface area contributed by atoms with Crippen LogP contribution in [-0.2, 0) is 7.05 Å². The van der Waals surface area contributed by atoms with Gasteiger partial charge in [-0.25, -0.2) is 23.9 Å². The van der Waals surface area contributed by atoms with Gasteiger partial charge in [-0.15, -0.1) is 0 Å². The van der Waals surface area contributed by atoms with Crippen LogP contribution in [0.25, 0.3) is 16.6 Å². The Balaban J connectivity index is 1.21. The van der Waals surface area contributed by atoms with Gasteiger partial charge >= 0.3 is 0 Å². The van der Waals surface area contributed by atoms with E-state index >= 15 is 0 Å². The highest BCUT2D eigenvalue weighted by Crippen LogP contribution is 2.29. The van der Waals surface area contributed by atoms with E-state index in [9.17, 15) is 9.50 Å². The largest absolute Gasteiger partial charge is 0.394 e. The Labute approximate surface area is 219 Å². The van der Waals surface area contributed by atoms with E-state index in [2.05, 4.69) is 36.1 Å². The van der Waals surface area contributed by atoms with Crippen molar-refractivity contribution in [1.82, 2.24) is 34.3 Å². The molecule has 0 spiro atoms. The van der Waals surface area contributed by atoms with Gasteiger partial charge in [0.1, 0.15) is 17.7 Å². The SMILES string of the molecule is C[C@@H](c1ccc(F)cc1)c1cnc(N2CCN(c3ncnn4cc(-c5cnn(C)c5)cc34)C[C@H]2CO)nc1. The summed E-state index contributed by atoms with van der Waals surface area (Å²) in [6.45, 7) is 3.88. The smallest absolute Gasteiger partial charge is 0.225 e. The molecule has 38 heavy (non-hydrogen) atoms. The monoisotopic (exact) mass is 513 g/mol. The zero-order valence-electron chi connectivity index (χ0n) is 21.2. The third-order valence-corrected chi connectivity index (χ3v) is 7.20. The first kappa shape index (κ1) is 24.0. The van der Waals surface area contributed by atoms with Gasteiger partial charge in [0, 0.05) is 68.5 Å². The Bertz CT molecular complexity index is 1550. The Morgan fingerprint density at radius 3 is 2.47 bits per heavy atom. The Morgan fingerprint density at radius 2 is 1.76 bits per heavy atom. The van der Waals surface area contributed by atoms with Crippen LogP contribution in [0.1, 0.15) is 24.0 Å². The number of benzene rings is 1. The molecule has 2 atom stereocenters. The lowest BCUT2D eigenvalue weighted by atomic mass is 9.95. The average Bonchev–Trinajstić information content (AvgIpc) is 3.59. The van der Waals surface area contributed by atoms with Gasteiger partial charge < -0.3 is 14.9 Å². The number of aliphatic hydroxyl groups is 1. The number of piperazine rings is 1. The topological polar surface area (TPSA) is 100 Å². The number of nitrogens with zero attached hydrogens (tertiary/aromatic N) is 9. The zero-order chi connectivity index (χ0) is 26.2. The van der Waals surface area contributed by atoms with E-state index in [1.54, 1.807) is 23.1 Å². The van der Waals surface area contributed by atoms with E-state index in [-0.39, 0.29) is 24.4 Å². The van der Waals surface area contributed by atoms with Crippen molar-refractivity contribution in [2.75, 3.05) is 36.0 Å². The highest BCUT2D eigenvalue weighted by Gasteiger charge is 2.30. The van der Waals surface area contributed by atoms with Gasteiger partial charge in [0.05, 0.1) is 18.8 Å². The lowest BCUT2D eigenvalue weighted by Crippen LogP contribution is -2.55. The maximum Gasteiger partial charge on any atom is 0.225 e. The van der Waals surface area contributed by atoms with Gasteiger partial charge in [-0.2, -0.15) is 10.2 Å². The molecule has 0 unspecified atom stereocenters. The zero-order valence-corrected chi connectivity index (χ0v) is 21.2. The molecular formula is C27H28FN9O. The van der Waals surface area contributed by atoms with E-state index < -0.39 is 0 Å². The van der Waals surface area contributed by atoms with Crippen molar-refractivity contribution in [3.05, 3.63) is 84.6 Å². The van der Waals surface area contributed by atoms with E-state index in [1.165, 1.54) is 12.1 Å². The molecule has 1 saturated heterocycles. The third-order valence-electron chi connectivity index (χ3n) is 7.20. The molecule has 194 valence electrons. The molecule has 1 aromatic carbocycles. The molecule has 11 heteroatoms. The van der Waals surface area contributed by atoms with Crippen molar-refractivity contribution >= 4 is 17.3 Å². The van der Waals surface area contributed by atoms with Gasteiger partial charge in [0.2, 0.25) is 5.95 Å². The molecule has 5 aromatic rings. The summed E-state index contributed by atoms with van der Waals surface area (Å²) in [6.07, 6.45) is 10.9. The van der Waals surface area contributed by atoms with E-state index in [0.29, 0.717) is 25.6 Å². The Hall–Kier alpha value is -4.38. The van der Waals surface area contributed by atoms with Gasteiger partial charge in [-0.3, -0.25) is 4.68 Å². The molecule has 0 saturated carbocycles. The summed E-state index contributed by atoms with van der Waals surface area (Å²) < 4.78 is 16.9. The molecule has 0 radical (unpaired) electrons. The highest BCUT2D eigenvalue weighted by molar-refractivity contribution is 5.77. The number of halogens is 1. The number of rotatable bonds is 6. The number of hydrogen-bond donors (Lipinski definition) is 1. The first-order chi connectivity index (χ1) is 18.5. The molecule has 0 amide bonds. The van der Waals surface area contributed by atoms with Gasteiger partial charge in [-0.05, 0) is 29.3 Å². The second-order valence-corrected chi connectivity index (χ2v) is 9.61. The molecule has 5 heterocycles. The molecule has 1 aliphatic rings. The number of fused-ring (bicyclic) bond motifs is 1. The second kappa shape index (κ2) is 9.82. The van der Waals surface area contributed by atoms with Crippen LogP contribution in [0.15, 0.2) is 67.6 Å². The fourth-order valence-corrected chi connectivity index (χ4v) is 5.00. The quantitative estimate of drug-likeness (QED) is 0.370. The second-order valence-electron chi connectivity index (χ2n) is 9.61. The predicted octanol–water partition coefficient (Wildman–Crippen LogP) is 2.90. The summed E-state index contributed by atoms with van der Waals surface area (Å²) in [7, 11) is 1.89. The number of aliphatic hydroxyl groups excluding tert-OH is 1. The minimum atomic E-state index is -0.254. The van der Waals surface area contributed by atoms with Crippen LogP contribution in [0.2, 0.25) is 0 Å². The number of anilines is 2. The minimum Gasteiger partial charge on any atom is -0.394 e. The number of aryl methyl sites for hydroxylation is 1. The van der Waals surface area contributed by atoms with E-state index in [0.717, 1.165) is 33.6 Å². The van der Waals surface area contributed by atoms with Crippen molar-refractivity contribution in [3.8, 4) is 11.1 Å². The van der Waals surface area contributed by atoms with E-state index in [1.807, 2.05) is 54.4 Å². The fourth-order valence-electron chi connectivity index (χ4n) is 5.00. The van der Waals surface area contributed by atoms with Crippen LogP contribution in [0.3, 0.4) is 0 Å². The molecule has 0 bridgehead atoms. The third kappa shape index (κ3) is 4.45. The van der Waals surface area contributed by atoms with Crippen molar-refractivity contribution in [2.24, 2.45) is 7.05 Å². The first-order valence-electron chi connectivity index (χ1n) is 12.5. The fraction of sp³-hybridized carbons (Fsp3) is 0.296. The number of aromatic nitrogens is 7. The van der Waals surface area contributed by atoms with Crippen LogP contribution in [0, 0.1) is 5.82 Å². The van der Waals surface area contributed by atoms with Crippen LogP contribution < -0.4 is 9.80 Å². The standard InChI is InChI=1S/C27H28FN9O/c1-18(19-3-5-23(28)6-4-19)21-10-29-27(30-11-21)36-8-7-35(15-24(36)16-38)26-25-9-20(14-37(25)33-17-31-26)22-12-32-34(2)13-22/h3-6,9-14,17-18,24,38H,7-8,15-16H2,1-2H3/t18-,24-/m0/s1. The first-order valence-corrected chi connectivity index (χ1v) is 12.5. The maximum atomic E-state index is 13.3. The van der Waals surface area contributed by atoms with E-state index in [4.69, 9.17) is 0 Å². The normalized spacial score (nSPS) is 16.8. The van der Waals surface area contributed by atoms with Crippen molar-refractivity contribution < 1.29 is 9.50 Å². The maximum absolute atomic E-state index is 13.3. The lowest BCUT2D eigenvalue weighted by Gasteiger charge is -2.41. The minimum absolute atomic E-state index is 0.0360. The van der Waals surface area contributed by atoms with Crippen molar-refractivity contribution in [3.63, 3.8) is 0 Å². The summed E-state index contributed by atoms with van der Waals surface area (Å²) in [4.78, 5) is 18.1. The number of hydrogen-bond acceptors (Lipinski definition) is 8. The van der Waals surface area contributed by atoms with Crippen LogP contribution >= 0.6 is 0 Å². The van der Waals surface area contributed by atoms with Crippen molar-refractivity contribution in [2.45, 2.75) is 18.9 Å². The van der Waals surface area contributed by atoms with Crippen LogP contribution in [-0.4, -0.2) is 71.7 Å². The average molecular weight is 514 g/mol. The molecule has 1 fully saturated rings. The summed E-state index contributed by atoms with van der Waals surface area (Å²) in [5.41, 5.74) is 4.86. The van der Waals surface area contributed by atoms with Gasteiger partial charge in [0.15, 0.2) is 5.82 Å². The Kier molecular flexibility index (Phi) is 6.20. The van der Waals surface area contributed by atoms with Crippen molar-refractivity contribution in [1.29, 1.82) is 0 Å². The van der Waals surface area contributed by atoms with Gasteiger partial charge in [-0.1, -0.05) is 19.1 Å². The Morgan fingerprint density at radius 1 is 0.974 bits per heavy atom. The van der Waals surface area contributed by atoms with Crippen LogP contribution in [0.4, 0.5) is 16.2 Å². The molecule has 0 aliphatic carbocycles. The molecular weight excluding hydrogens is 485 g/mol. The highest BCUT2D eigenvalue weighted by atomic mass is 19.1. The molecule has 4 aromatic heterocycles. The van der Waals surface area contributed by atoms with Gasteiger partial charge in [0.25, 0.3) is 0 Å². The van der Waals surface area contributed by atoms with Crippen LogP contribution in [0.5, 0.6) is 0 Å². The summed E-state index contributed by atoms with van der Waals surface area (Å²) in [6, 6.07) is 8.35.